The number of carbonyl (C=O) groups is 1. The molecule has 0 bridgehead atoms. The van der Waals surface area contributed by atoms with Gasteiger partial charge in [0.25, 0.3) is 5.91 Å². The molecule has 1 aliphatic heterocycles. The first-order chi connectivity index (χ1) is 13.5. The summed E-state index contributed by atoms with van der Waals surface area (Å²) in [5, 5.41) is 4.46. The van der Waals surface area contributed by atoms with Crippen molar-refractivity contribution in [3.05, 3.63) is 83.1 Å². The summed E-state index contributed by atoms with van der Waals surface area (Å²) in [6.45, 7) is 3.12. The molecule has 4 rings (SSSR count). The predicted octanol–water partition coefficient (Wildman–Crippen LogP) is 3.78. The Labute approximate surface area is 161 Å². The van der Waals surface area contributed by atoms with Crippen LogP contribution in [0.4, 0.5) is 8.78 Å². The summed E-state index contributed by atoms with van der Waals surface area (Å²) >= 11 is 0. The number of ether oxygens (including phenoxy) is 1. The van der Waals surface area contributed by atoms with Gasteiger partial charge in [-0.15, -0.1) is 5.10 Å². The molecule has 0 spiro atoms. The maximum Gasteiger partial charge on any atom is 0.254 e. The van der Waals surface area contributed by atoms with Gasteiger partial charge in [0.05, 0.1) is 18.8 Å². The highest BCUT2D eigenvalue weighted by Crippen LogP contribution is 2.24. The zero-order valence-corrected chi connectivity index (χ0v) is 15.3. The van der Waals surface area contributed by atoms with Crippen LogP contribution in [0.2, 0.25) is 0 Å². The van der Waals surface area contributed by atoms with Gasteiger partial charge < -0.3 is 9.64 Å². The molecule has 2 aromatic carbocycles. The standard InChI is InChI=1S/C21H19F2N3O2/c1-14-11-26-17(10-20(24-26)28-13-15-5-3-2-4-6-15)12-25(14)21(27)16-7-8-18(22)19(23)9-16/h2-10,14H,11-13H2,1H3/t14-/m1/s1. The van der Waals surface area contributed by atoms with E-state index in [1.54, 1.807) is 11.0 Å². The Bertz CT molecular complexity index is 1000. The van der Waals surface area contributed by atoms with Gasteiger partial charge in [-0.05, 0) is 30.7 Å². The molecular formula is C21H19F2N3O2. The summed E-state index contributed by atoms with van der Waals surface area (Å²) in [6.07, 6.45) is 0. The molecule has 1 aliphatic rings. The minimum absolute atomic E-state index is 0.124. The van der Waals surface area contributed by atoms with E-state index in [0.717, 1.165) is 23.4 Å². The van der Waals surface area contributed by atoms with Gasteiger partial charge in [-0.1, -0.05) is 30.3 Å². The molecule has 1 atom stereocenters. The molecule has 0 saturated heterocycles. The van der Waals surface area contributed by atoms with Crippen molar-refractivity contribution in [1.29, 1.82) is 0 Å². The molecule has 0 saturated carbocycles. The van der Waals surface area contributed by atoms with Crippen molar-refractivity contribution < 1.29 is 18.3 Å². The first-order valence-electron chi connectivity index (χ1n) is 9.01. The summed E-state index contributed by atoms with van der Waals surface area (Å²) in [5.41, 5.74) is 1.99. The van der Waals surface area contributed by atoms with Gasteiger partial charge in [-0.2, -0.15) is 0 Å². The molecular weight excluding hydrogens is 364 g/mol. The lowest BCUT2D eigenvalue weighted by Crippen LogP contribution is -2.44. The van der Waals surface area contributed by atoms with Crippen LogP contribution in [0.1, 0.15) is 28.5 Å². The maximum absolute atomic E-state index is 13.5. The Kier molecular flexibility index (Phi) is 4.81. The van der Waals surface area contributed by atoms with Crippen molar-refractivity contribution >= 4 is 5.91 Å². The Morgan fingerprint density at radius 1 is 1.14 bits per heavy atom. The molecule has 5 nitrogen and oxygen atoms in total. The lowest BCUT2D eigenvalue weighted by Gasteiger charge is -2.33. The number of halogens is 2. The first kappa shape index (κ1) is 18.2. The summed E-state index contributed by atoms with van der Waals surface area (Å²) < 4.78 is 34.2. The van der Waals surface area contributed by atoms with Crippen LogP contribution in [0.5, 0.6) is 5.88 Å². The van der Waals surface area contributed by atoms with Gasteiger partial charge in [-0.25, -0.2) is 8.78 Å². The van der Waals surface area contributed by atoms with E-state index >= 15 is 0 Å². The molecule has 7 heteroatoms. The predicted molar refractivity (Wildman–Crippen MR) is 98.7 cm³/mol. The van der Waals surface area contributed by atoms with E-state index in [9.17, 15) is 13.6 Å². The molecule has 0 unspecified atom stereocenters. The number of hydrogen-bond acceptors (Lipinski definition) is 3. The van der Waals surface area contributed by atoms with Crippen LogP contribution in [-0.2, 0) is 19.7 Å². The van der Waals surface area contributed by atoms with Crippen LogP contribution in [0.3, 0.4) is 0 Å². The van der Waals surface area contributed by atoms with E-state index in [4.69, 9.17) is 4.74 Å². The Morgan fingerprint density at radius 2 is 1.93 bits per heavy atom. The molecule has 0 aliphatic carbocycles. The summed E-state index contributed by atoms with van der Waals surface area (Å²) in [6, 6.07) is 14.6. The van der Waals surface area contributed by atoms with Crippen molar-refractivity contribution in [3.8, 4) is 5.88 Å². The monoisotopic (exact) mass is 383 g/mol. The maximum atomic E-state index is 13.5. The smallest absolute Gasteiger partial charge is 0.254 e. The largest absolute Gasteiger partial charge is 0.472 e. The average Bonchev–Trinajstić information content (AvgIpc) is 3.10. The van der Waals surface area contributed by atoms with Gasteiger partial charge in [-0.3, -0.25) is 9.48 Å². The number of amides is 1. The van der Waals surface area contributed by atoms with E-state index in [0.29, 0.717) is 25.6 Å². The van der Waals surface area contributed by atoms with Crippen LogP contribution in [-0.4, -0.2) is 26.6 Å². The molecule has 0 fully saturated rings. The Balaban J connectivity index is 1.49. The van der Waals surface area contributed by atoms with Crippen molar-refractivity contribution in [3.63, 3.8) is 0 Å². The highest BCUT2D eigenvalue weighted by atomic mass is 19.2. The van der Waals surface area contributed by atoms with E-state index in [1.807, 2.05) is 41.9 Å². The minimum Gasteiger partial charge on any atom is -0.472 e. The van der Waals surface area contributed by atoms with Crippen molar-refractivity contribution in [2.24, 2.45) is 0 Å². The van der Waals surface area contributed by atoms with Crippen LogP contribution >= 0.6 is 0 Å². The lowest BCUT2D eigenvalue weighted by molar-refractivity contribution is 0.0606. The van der Waals surface area contributed by atoms with Crippen LogP contribution in [0.25, 0.3) is 0 Å². The second-order valence-electron chi connectivity index (χ2n) is 6.84. The molecule has 1 aromatic heterocycles. The molecule has 2 heterocycles. The normalized spacial score (nSPS) is 16.0. The lowest BCUT2D eigenvalue weighted by atomic mass is 10.1. The number of fused-ring (bicyclic) bond motifs is 1. The topological polar surface area (TPSA) is 47.4 Å². The van der Waals surface area contributed by atoms with Gasteiger partial charge in [0.1, 0.15) is 6.61 Å². The summed E-state index contributed by atoms with van der Waals surface area (Å²) in [4.78, 5) is 14.4. The fraction of sp³-hybridized carbons (Fsp3) is 0.238. The van der Waals surface area contributed by atoms with Gasteiger partial charge in [0, 0.05) is 17.7 Å². The van der Waals surface area contributed by atoms with Gasteiger partial charge >= 0.3 is 0 Å². The van der Waals surface area contributed by atoms with E-state index in [-0.39, 0.29) is 17.5 Å². The van der Waals surface area contributed by atoms with Crippen molar-refractivity contribution in [2.45, 2.75) is 32.7 Å². The highest BCUT2D eigenvalue weighted by molar-refractivity contribution is 5.94. The van der Waals surface area contributed by atoms with Gasteiger partial charge in [0.15, 0.2) is 11.6 Å². The molecule has 3 aromatic rings. The zero-order chi connectivity index (χ0) is 19.7. The number of rotatable bonds is 4. The SMILES string of the molecule is C[C@@H]1Cn2nc(OCc3ccccc3)cc2CN1C(=O)c1ccc(F)c(F)c1. The van der Waals surface area contributed by atoms with E-state index < -0.39 is 11.6 Å². The Hall–Kier alpha value is -3.22. The first-order valence-corrected chi connectivity index (χ1v) is 9.01. The molecule has 0 N–H and O–H groups in total. The molecule has 1 amide bonds. The number of carbonyl (C=O) groups excluding carboxylic acids is 1. The van der Waals surface area contributed by atoms with Crippen LogP contribution in [0, 0.1) is 11.6 Å². The van der Waals surface area contributed by atoms with E-state index in [2.05, 4.69) is 5.10 Å². The summed E-state index contributed by atoms with van der Waals surface area (Å²) in [7, 11) is 0. The fourth-order valence-corrected chi connectivity index (χ4v) is 3.26. The van der Waals surface area contributed by atoms with E-state index in [1.165, 1.54) is 6.07 Å². The number of benzene rings is 2. The van der Waals surface area contributed by atoms with Crippen molar-refractivity contribution in [2.75, 3.05) is 0 Å². The third kappa shape index (κ3) is 3.60. The number of aromatic nitrogens is 2. The molecule has 0 radical (unpaired) electrons. The Morgan fingerprint density at radius 3 is 2.68 bits per heavy atom. The van der Waals surface area contributed by atoms with Crippen LogP contribution in [0.15, 0.2) is 54.6 Å². The minimum atomic E-state index is -1.03. The molecule has 144 valence electrons. The van der Waals surface area contributed by atoms with Gasteiger partial charge in [0.2, 0.25) is 5.88 Å². The molecule has 28 heavy (non-hydrogen) atoms. The number of hydrogen-bond donors (Lipinski definition) is 0. The average molecular weight is 383 g/mol. The zero-order valence-electron chi connectivity index (χ0n) is 15.3. The fourth-order valence-electron chi connectivity index (χ4n) is 3.26. The van der Waals surface area contributed by atoms with Crippen molar-refractivity contribution in [1.82, 2.24) is 14.7 Å². The second-order valence-corrected chi connectivity index (χ2v) is 6.84. The summed E-state index contributed by atoms with van der Waals surface area (Å²) in [5.74, 6) is -1.85. The van der Waals surface area contributed by atoms with Crippen LogP contribution < -0.4 is 4.74 Å². The quantitative estimate of drug-likeness (QED) is 0.689. The highest BCUT2D eigenvalue weighted by Gasteiger charge is 2.29. The second kappa shape index (κ2) is 7.42. The number of nitrogens with zero attached hydrogens (tertiary/aromatic N) is 3. The third-order valence-corrected chi connectivity index (χ3v) is 4.80. The third-order valence-electron chi connectivity index (χ3n) is 4.80.